The Balaban J connectivity index is 2.34. The van der Waals surface area contributed by atoms with E-state index < -0.39 is 5.97 Å². The van der Waals surface area contributed by atoms with E-state index in [0.29, 0.717) is 12.2 Å². The van der Waals surface area contributed by atoms with E-state index in [-0.39, 0.29) is 19.0 Å². The van der Waals surface area contributed by atoms with Crippen LogP contribution in [-0.2, 0) is 14.3 Å². The molecule has 0 atom stereocenters. The van der Waals surface area contributed by atoms with Crippen LogP contribution in [0.5, 0.6) is 0 Å². The molecule has 4 nitrogen and oxygen atoms in total. The molecule has 0 radical (unpaired) electrons. The lowest BCUT2D eigenvalue weighted by Crippen LogP contribution is -2.13. The fraction of sp³-hybridized carbons (Fsp3) is 0.385. The maximum Gasteiger partial charge on any atom is 0.339 e. The highest BCUT2D eigenvalue weighted by Crippen LogP contribution is 2.12. The van der Waals surface area contributed by atoms with Crippen LogP contribution < -0.4 is 0 Å². The Labute approximate surface area is 120 Å². The van der Waals surface area contributed by atoms with Crippen LogP contribution in [0.1, 0.15) is 30.1 Å². The summed E-state index contributed by atoms with van der Waals surface area (Å²) in [5.41, 5.74) is 0.514. The van der Waals surface area contributed by atoms with Crippen molar-refractivity contribution in [3.05, 3.63) is 33.4 Å². The van der Waals surface area contributed by atoms with Crippen molar-refractivity contribution in [2.24, 2.45) is 0 Å². The van der Waals surface area contributed by atoms with Crippen molar-refractivity contribution in [2.45, 2.75) is 19.8 Å². The van der Waals surface area contributed by atoms with Gasteiger partial charge in [0.05, 0.1) is 18.6 Å². The molecule has 0 bridgehead atoms. The predicted octanol–water partition coefficient (Wildman–Crippen LogP) is 2.79. The van der Waals surface area contributed by atoms with E-state index in [4.69, 9.17) is 9.47 Å². The Kier molecular flexibility index (Phi) is 6.70. The third kappa shape index (κ3) is 5.03. The Morgan fingerprint density at radius 3 is 2.56 bits per heavy atom. The maximum atomic E-state index is 11.7. The van der Waals surface area contributed by atoms with Crippen molar-refractivity contribution in [2.75, 3.05) is 13.2 Å². The van der Waals surface area contributed by atoms with Gasteiger partial charge >= 0.3 is 11.9 Å². The molecule has 1 aromatic carbocycles. The molecule has 5 heteroatoms. The lowest BCUT2D eigenvalue weighted by molar-refractivity contribution is -0.144. The predicted molar refractivity (Wildman–Crippen MR) is 75.3 cm³/mol. The summed E-state index contributed by atoms with van der Waals surface area (Å²) in [6, 6.07) is 7.14. The van der Waals surface area contributed by atoms with Gasteiger partial charge in [0.25, 0.3) is 0 Å². The van der Waals surface area contributed by atoms with Gasteiger partial charge in [-0.15, -0.1) is 0 Å². The van der Waals surface area contributed by atoms with Gasteiger partial charge in [-0.1, -0.05) is 19.1 Å². The molecule has 0 amide bonds. The highest BCUT2D eigenvalue weighted by molar-refractivity contribution is 14.1. The van der Waals surface area contributed by atoms with E-state index in [9.17, 15) is 9.59 Å². The number of halogens is 1. The van der Waals surface area contributed by atoms with Gasteiger partial charge in [-0.3, -0.25) is 4.79 Å². The first-order valence-electron chi connectivity index (χ1n) is 5.72. The number of hydrogen-bond acceptors (Lipinski definition) is 4. The SMILES string of the molecule is CCCOC(=O)CCOC(=O)c1ccccc1I. The minimum absolute atomic E-state index is 0.0480. The number of ether oxygens (including phenoxy) is 2. The van der Waals surface area contributed by atoms with Crippen LogP contribution >= 0.6 is 22.6 Å². The number of carbonyl (C=O) groups excluding carboxylic acids is 2. The Morgan fingerprint density at radius 1 is 1.17 bits per heavy atom. The summed E-state index contributed by atoms with van der Waals surface area (Å²) in [6.07, 6.45) is 0.878. The molecule has 0 aliphatic carbocycles. The quantitative estimate of drug-likeness (QED) is 0.577. The van der Waals surface area contributed by atoms with Crippen LogP contribution in [0.3, 0.4) is 0 Å². The van der Waals surface area contributed by atoms with Crippen molar-refractivity contribution in [3.63, 3.8) is 0 Å². The number of hydrogen-bond donors (Lipinski definition) is 0. The van der Waals surface area contributed by atoms with Crippen molar-refractivity contribution < 1.29 is 19.1 Å². The number of esters is 2. The molecule has 0 fully saturated rings. The van der Waals surface area contributed by atoms with E-state index in [1.165, 1.54) is 0 Å². The molecule has 0 heterocycles. The first-order valence-corrected chi connectivity index (χ1v) is 6.80. The molecule has 1 aromatic rings. The zero-order valence-corrected chi connectivity index (χ0v) is 12.3. The zero-order chi connectivity index (χ0) is 13.4. The molecule has 0 aromatic heterocycles. The van der Waals surface area contributed by atoms with Gasteiger partial charge in [-0.25, -0.2) is 4.79 Å². The summed E-state index contributed by atoms with van der Waals surface area (Å²) in [5.74, 6) is -0.754. The molecule has 0 aliphatic heterocycles. The topological polar surface area (TPSA) is 52.6 Å². The van der Waals surface area contributed by atoms with Crippen LogP contribution in [-0.4, -0.2) is 25.2 Å². The molecule has 0 saturated carbocycles. The third-order valence-corrected chi connectivity index (χ3v) is 3.04. The van der Waals surface area contributed by atoms with Gasteiger partial charge in [0, 0.05) is 3.57 Å². The second-order valence-corrected chi connectivity index (χ2v) is 4.75. The molecule has 0 unspecified atom stereocenters. The van der Waals surface area contributed by atoms with Gasteiger partial charge in [0.15, 0.2) is 0 Å². The maximum absolute atomic E-state index is 11.7. The number of benzene rings is 1. The molecule has 18 heavy (non-hydrogen) atoms. The van der Waals surface area contributed by atoms with Crippen molar-refractivity contribution in [1.82, 2.24) is 0 Å². The molecule has 0 aliphatic rings. The summed E-state index contributed by atoms with van der Waals surface area (Å²) >= 11 is 2.07. The highest BCUT2D eigenvalue weighted by Gasteiger charge is 2.11. The van der Waals surface area contributed by atoms with Gasteiger partial charge in [-0.2, -0.15) is 0 Å². The molecule has 0 spiro atoms. The molecular formula is C13H15IO4. The van der Waals surface area contributed by atoms with Crippen molar-refractivity contribution in [1.29, 1.82) is 0 Å². The van der Waals surface area contributed by atoms with Gasteiger partial charge < -0.3 is 9.47 Å². The molecule has 98 valence electrons. The van der Waals surface area contributed by atoms with Gasteiger partial charge in [0.2, 0.25) is 0 Å². The first kappa shape index (κ1) is 14.9. The van der Waals surface area contributed by atoms with Crippen LogP contribution in [0.4, 0.5) is 0 Å². The standard InChI is InChI=1S/C13H15IO4/c1-2-8-17-12(15)7-9-18-13(16)10-5-3-4-6-11(10)14/h3-6H,2,7-9H2,1H3. The van der Waals surface area contributed by atoms with Crippen LogP contribution in [0.25, 0.3) is 0 Å². The zero-order valence-electron chi connectivity index (χ0n) is 10.1. The van der Waals surface area contributed by atoms with E-state index >= 15 is 0 Å². The van der Waals surface area contributed by atoms with Crippen LogP contribution in [0.15, 0.2) is 24.3 Å². The monoisotopic (exact) mass is 362 g/mol. The summed E-state index contributed by atoms with van der Waals surface area (Å²) in [4.78, 5) is 22.9. The molecule has 1 rings (SSSR count). The second kappa shape index (κ2) is 8.07. The Bertz CT molecular complexity index is 417. The molecule has 0 N–H and O–H groups in total. The van der Waals surface area contributed by atoms with Gasteiger partial charge in [-0.05, 0) is 41.1 Å². The van der Waals surface area contributed by atoms with E-state index in [1.54, 1.807) is 12.1 Å². The van der Waals surface area contributed by atoms with Crippen LogP contribution in [0.2, 0.25) is 0 Å². The molecular weight excluding hydrogens is 347 g/mol. The molecule has 0 saturated heterocycles. The normalized spacial score (nSPS) is 9.89. The minimum Gasteiger partial charge on any atom is -0.466 e. The van der Waals surface area contributed by atoms with E-state index in [2.05, 4.69) is 22.6 Å². The smallest absolute Gasteiger partial charge is 0.339 e. The third-order valence-electron chi connectivity index (χ3n) is 2.10. The summed E-state index contributed by atoms with van der Waals surface area (Å²) in [5, 5.41) is 0. The second-order valence-electron chi connectivity index (χ2n) is 3.59. The summed E-state index contributed by atoms with van der Waals surface area (Å²) in [6.45, 7) is 2.38. The fourth-order valence-corrected chi connectivity index (χ4v) is 1.83. The number of carbonyl (C=O) groups is 2. The lowest BCUT2D eigenvalue weighted by Gasteiger charge is -2.06. The largest absolute Gasteiger partial charge is 0.466 e. The number of rotatable bonds is 6. The fourth-order valence-electron chi connectivity index (χ4n) is 1.22. The summed E-state index contributed by atoms with van der Waals surface area (Å²) in [7, 11) is 0. The average Bonchev–Trinajstić information content (AvgIpc) is 2.36. The Morgan fingerprint density at radius 2 is 1.89 bits per heavy atom. The van der Waals surface area contributed by atoms with Crippen LogP contribution in [0, 0.1) is 3.57 Å². The van der Waals surface area contributed by atoms with Crippen molar-refractivity contribution >= 4 is 34.5 Å². The first-order chi connectivity index (χ1) is 8.65. The van der Waals surface area contributed by atoms with E-state index in [0.717, 1.165) is 9.99 Å². The minimum atomic E-state index is -0.414. The van der Waals surface area contributed by atoms with Gasteiger partial charge in [0.1, 0.15) is 6.61 Å². The van der Waals surface area contributed by atoms with E-state index in [1.807, 2.05) is 19.1 Å². The lowest BCUT2D eigenvalue weighted by atomic mass is 10.2. The average molecular weight is 362 g/mol. The highest BCUT2D eigenvalue weighted by atomic mass is 127. The summed E-state index contributed by atoms with van der Waals surface area (Å²) < 4.78 is 10.7. The van der Waals surface area contributed by atoms with Crippen molar-refractivity contribution in [3.8, 4) is 0 Å². The Hall–Kier alpha value is -1.11.